The molecular weight excluding hydrogens is 402 g/mol. The number of aromatic nitrogens is 5. The van der Waals surface area contributed by atoms with Crippen molar-refractivity contribution >= 4 is 10.0 Å². The molecule has 4 aromatic rings. The van der Waals surface area contributed by atoms with Crippen LogP contribution in [0.15, 0.2) is 65.7 Å². The van der Waals surface area contributed by atoms with Gasteiger partial charge in [0.1, 0.15) is 0 Å². The summed E-state index contributed by atoms with van der Waals surface area (Å²) in [6, 6.07) is 16.9. The van der Waals surface area contributed by atoms with Crippen LogP contribution in [-0.4, -0.2) is 40.6 Å². The molecule has 0 aliphatic heterocycles. The average molecular weight is 424 g/mol. The van der Waals surface area contributed by atoms with E-state index in [2.05, 4.69) is 37.0 Å². The monoisotopic (exact) mass is 423 g/mol. The average Bonchev–Trinajstić information content (AvgIpc) is 3.45. The molecule has 0 aliphatic rings. The van der Waals surface area contributed by atoms with Crippen molar-refractivity contribution in [3.8, 4) is 22.5 Å². The third-order valence-corrected chi connectivity index (χ3v) is 5.70. The van der Waals surface area contributed by atoms with E-state index in [1.807, 2.05) is 42.6 Å². The zero-order valence-corrected chi connectivity index (χ0v) is 16.9. The quantitative estimate of drug-likeness (QED) is 0.319. The Morgan fingerprint density at radius 2 is 1.87 bits per heavy atom. The van der Waals surface area contributed by atoms with Crippen molar-refractivity contribution in [2.24, 2.45) is 5.14 Å². The highest BCUT2D eigenvalue weighted by Crippen LogP contribution is 2.34. The van der Waals surface area contributed by atoms with E-state index in [-0.39, 0.29) is 10.7 Å². The molecule has 4 rings (SSSR count). The van der Waals surface area contributed by atoms with Crippen molar-refractivity contribution in [2.45, 2.75) is 17.9 Å². The van der Waals surface area contributed by atoms with Gasteiger partial charge in [-0.25, -0.2) is 18.7 Å². The van der Waals surface area contributed by atoms with Crippen LogP contribution in [0.3, 0.4) is 0 Å². The van der Waals surface area contributed by atoms with Gasteiger partial charge in [-0.15, -0.1) is 5.10 Å². The smallest absolute Gasteiger partial charge is 0.238 e. The third-order valence-electron chi connectivity index (χ3n) is 4.74. The zero-order valence-electron chi connectivity index (χ0n) is 16.0. The Morgan fingerprint density at radius 3 is 2.53 bits per heavy atom. The number of hydrogen-bond acceptors (Lipinski definition) is 6. The molecule has 0 aliphatic carbocycles. The maximum absolute atomic E-state index is 12.1. The van der Waals surface area contributed by atoms with Crippen molar-refractivity contribution in [3.05, 3.63) is 72.1 Å². The predicted molar refractivity (Wildman–Crippen MR) is 113 cm³/mol. The number of rotatable bonds is 8. The molecule has 0 saturated carbocycles. The van der Waals surface area contributed by atoms with Crippen LogP contribution in [-0.2, 0) is 23.0 Å². The van der Waals surface area contributed by atoms with E-state index in [1.165, 1.54) is 11.8 Å². The van der Waals surface area contributed by atoms with E-state index in [0.717, 1.165) is 30.6 Å². The first kappa shape index (κ1) is 20.0. The Morgan fingerprint density at radius 1 is 1.03 bits per heavy atom. The van der Waals surface area contributed by atoms with Crippen LogP contribution in [0.2, 0.25) is 0 Å². The second-order valence-electron chi connectivity index (χ2n) is 6.79. The minimum absolute atomic E-state index is 0.0337. The van der Waals surface area contributed by atoms with E-state index in [9.17, 15) is 8.42 Å². The number of hydrogen-bond donors (Lipinski definition) is 4. The Labute approximate surface area is 173 Å². The molecule has 0 fully saturated rings. The molecule has 0 saturated heterocycles. The summed E-state index contributed by atoms with van der Waals surface area (Å²) >= 11 is 0. The molecule has 30 heavy (non-hydrogen) atoms. The largest absolute Gasteiger partial charge is 0.365 e. The number of nitrogens with one attached hydrogen (secondary N) is 3. The first-order chi connectivity index (χ1) is 14.5. The first-order valence-electron chi connectivity index (χ1n) is 9.34. The van der Waals surface area contributed by atoms with E-state index in [0.29, 0.717) is 11.1 Å². The summed E-state index contributed by atoms with van der Waals surface area (Å²) in [4.78, 5) is 3.15. The van der Waals surface area contributed by atoms with Crippen LogP contribution in [0.4, 0.5) is 0 Å². The van der Waals surface area contributed by atoms with Crippen LogP contribution in [0, 0.1) is 0 Å². The lowest BCUT2D eigenvalue weighted by Gasteiger charge is -2.12. The van der Waals surface area contributed by atoms with Crippen molar-refractivity contribution in [1.82, 2.24) is 30.9 Å². The normalized spacial score (nSPS) is 11.6. The minimum Gasteiger partial charge on any atom is -0.365 e. The molecule has 5 N–H and O–H groups in total. The lowest BCUT2D eigenvalue weighted by Crippen LogP contribution is -2.16. The van der Waals surface area contributed by atoms with Crippen LogP contribution in [0.5, 0.6) is 0 Å². The lowest BCUT2D eigenvalue weighted by molar-refractivity contribution is 0.598. The molecule has 0 radical (unpaired) electrons. The minimum atomic E-state index is -3.96. The first-order valence-corrected chi connectivity index (χ1v) is 10.9. The number of aromatic amines is 2. The summed E-state index contributed by atoms with van der Waals surface area (Å²) in [5.74, 6) is 0.240. The van der Waals surface area contributed by atoms with Gasteiger partial charge >= 0.3 is 0 Å². The third kappa shape index (κ3) is 4.46. The topological polar surface area (TPSA) is 142 Å². The standard InChI is InChI=1S/C20H21N7O2S/c21-30(28,29)18-5-1-4-17(19(18)20-24-26-27-25-20)15-8-6-14(7-9-15)13-22-12-10-16-3-2-11-23-16/h1-9,11,22-23H,10,12-13H2,(H2,21,28,29)(H,24,25,26,27). The highest BCUT2D eigenvalue weighted by Gasteiger charge is 2.21. The second-order valence-corrected chi connectivity index (χ2v) is 8.32. The molecule has 154 valence electrons. The van der Waals surface area contributed by atoms with Gasteiger partial charge in [0.25, 0.3) is 0 Å². The molecule has 2 aromatic heterocycles. The Bertz CT molecular complexity index is 1200. The Kier molecular flexibility index (Phi) is 5.70. The highest BCUT2D eigenvalue weighted by molar-refractivity contribution is 7.89. The molecule has 0 bridgehead atoms. The molecular formula is C20H21N7O2S. The molecule has 9 nitrogen and oxygen atoms in total. The van der Waals surface area contributed by atoms with E-state index < -0.39 is 10.0 Å². The SMILES string of the molecule is NS(=O)(=O)c1cccc(-c2ccc(CNCCc3ccc[nH]3)cc2)c1-c1nnn[nH]1. The second kappa shape index (κ2) is 8.57. The molecule has 0 atom stereocenters. The fraction of sp³-hybridized carbons (Fsp3) is 0.150. The van der Waals surface area contributed by atoms with E-state index in [1.54, 1.807) is 6.07 Å². The Hall–Kier alpha value is -3.34. The summed E-state index contributed by atoms with van der Waals surface area (Å²) in [6.45, 7) is 1.60. The number of tetrazole rings is 1. The molecule has 0 spiro atoms. The molecule has 2 heterocycles. The number of primary sulfonamides is 1. The van der Waals surface area contributed by atoms with Gasteiger partial charge in [-0.05, 0) is 51.7 Å². The van der Waals surface area contributed by atoms with Gasteiger partial charge < -0.3 is 10.3 Å². The predicted octanol–water partition coefficient (Wildman–Crippen LogP) is 1.84. The number of nitrogens with two attached hydrogens (primary N) is 1. The van der Waals surface area contributed by atoms with Crippen molar-refractivity contribution in [2.75, 3.05) is 6.54 Å². The van der Waals surface area contributed by atoms with Crippen LogP contribution in [0.25, 0.3) is 22.5 Å². The van der Waals surface area contributed by atoms with Crippen LogP contribution < -0.4 is 10.5 Å². The summed E-state index contributed by atoms with van der Waals surface area (Å²) in [5, 5.41) is 22.5. The van der Waals surface area contributed by atoms with Gasteiger partial charge in [0.15, 0.2) is 5.82 Å². The maximum atomic E-state index is 12.1. The molecule has 2 aromatic carbocycles. The molecule has 0 amide bonds. The van der Waals surface area contributed by atoms with Gasteiger partial charge in [0.2, 0.25) is 10.0 Å². The summed E-state index contributed by atoms with van der Waals surface area (Å²) in [6.07, 6.45) is 2.85. The van der Waals surface area contributed by atoms with Gasteiger partial charge in [0, 0.05) is 30.5 Å². The van der Waals surface area contributed by atoms with Gasteiger partial charge in [-0.2, -0.15) is 0 Å². The van der Waals surface area contributed by atoms with E-state index in [4.69, 9.17) is 5.14 Å². The number of sulfonamides is 1. The number of H-pyrrole nitrogens is 2. The number of nitrogens with zero attached hydrogens (tertiary/aromatic N) is 3. The van der Waals surface area contributed by atoms with Gasteiger partial charge in [-0.3, -0.25) is 0 Å². The van der Waals surface area contributed by atoms with Gasteiger partial charge in [0.05, 0.1) is 4.90 Å². The Balaban J connectivity index is 1.55. The maximum Gasteiger partial charge on any atom is 0.238 e. The fourth-order valence-corrected chi connectivity index (χ4v) is 4.06. The summed E-state index contributed by atoms with van der Waals surface area (Å²) in [7, 11) is -3.96. The van der Waals surface area contributed by atoms with Gasteiger partial charge in [-0.1, -0.05) is 36.4 Å². The summed E-state index contributed by atoms with van der Waals surface area (Å²) in [5.41, 5.74) is 4.17. The zero-order chi connectivity index (χ0) is 21.0. The lowest BCUT2D eigenvalue weighted by atomic mass is 9.98. The fourth-order valence-electron chi connectivity index (χ4n) is 3.30. The molecule has 10 heteroatoms. The van der Waals surface area contributed by atoms with Crippen LogP contribution >= 0.6 is 0 Å². The number of benzene rings is 2. The highest BCUT2D eigenvalue weighted by atomic mass is 32.2. The van der Waals surface area contributed by atoms with Crippen molar-refractivity contribution < 1.29 is 8.42 Å². The van der Waals surface area contributed by atoms with E-state index >= 15 is 0 Å². The van der Waals surface area contributed by atoms with Crippen molar-refractivity contribution in [3.63, 3.8) is 0 Å². The summed E-state index contributed by atoms with van der Waals surface area (Å²) < 4.78 is 24.2. The van der Waals surface area contributed by atoms with Crippen LogP contribution in [0.1, 0.15) is 11.3 Å². The molecule has 0 unspecified atom stereocenters. The van der Waals surface area contributed by atoms with Crippen molar-refractivity contribution in [1.29, 1.82) is 0 Å².